The average Bonchev–Trinajstić information content (AvgIpc) is 2.75. The standard InChI is InChI=1S/C16H24N4O/c1-5-21-14-6-8-19(9-7-14)15-10-11(2)17-16-12(3)13(4)18-20(15)16/h10,14H,5-9H2,1-4H3. The third-order valence-electron chi connectivity index (χ3n) is 4.33. The molecule has 0 amide bonds. The molecule has 0 aliphatic carbocycles. The molecule has 3 rings (SSSR count). The van der Waals surface area contributed by atoms with Gasteiger partial charge in [0.1, 0.15) is 5.82 Å². The third kappa shape index (κ3) is 2.62. The Morgan fingerprint density at radius 2 is 1.95 bits per heavy atom. The molecule has 5 heteroatoms. The number of aryl methyl sites for hydroxylation is 3. The normalized spacial score (nSPS) is 16.9. The second-order valence-corrected chi connectivity index (χ2v) is 5.84. The third-order valence-corrected chi connectivity index (χ3v) is 4.33. The summed E-state index contributed by atoms with van der Waals surface area (Å²) in [5.41, 5.74) is 4.25. The van der Waals surface area contributed by atoms with E-state index in [4.69, 9.17) is 4.74 Å². The van der Waals surface area contributed by atoms with Crippen LogP contribution in [0, 0.1) is 20.8 Å². The largest absolute Gasteiger partial charge is 0.378 e. The fourth-order valence-electron chi connectivity index (χ4n) is 3.04. The van der Waals surface area contributed by atoms with E-state index in [-0.39, 0.29) is 0 Å². The molecule has 0 unspecified atom stereocenters. The molecule has 0 bridgehead atoms. The molecule has 0 atom stereocenters. The smallest absolute Gasteiger partial charge is 0.160 e. The number of rotatable bonds is 3. The quantitative estimate of drug-likeness (QED) is 0.871. The molecular weight excluding hydrogens is 264 g/mol. The molecule has 0 N–H and O–H groups in total. The molecule has 5 nitrogen and oxygen atoms in total. The van der Waals surface area contributed by atoms with E-state index in [9.17, 15) is 0 Å². The molecule has 3 heterocycles. The topological polar surface area (TPSA) is 42.7 Å². The maximum Gasteiger partial charge on any atom is 0.160 e. The second-order valence-electron chi connectivity index (χ2n) is 5.84. The Morgan fingerprint density at radius 3 is 2.62 bits per heavy atom. The van der Waals surface area contributed by atoms with Gasteiger partial charge in [-0.25, -0.2) is 4.98 Å². The van der Waals surface area contributed by atoms with Gasteiger partial charge in [-0.2, -0.15) is 9.61 Å². The Balaban J connectivity index is 1.92. The van der Waals surface area contributed by atoms with Crippen LogP contribution in [0.25, 0.3) is 5.65 Å². The van der Waals surface area contributed by atoms with E-state index in [2.05, 4.69) is 41.8 Å². The van der Waals surface area contributed by atoms with Gasteiger partial charge in [-0.05, 0) is 40.5 Å². The molecule has 114 valence electrons. The summed E-state index contributed by atoms with van der Waals surface area (Å²) in [6, 6.07) is 2.14. The molecule has 1 aliphatic heterocycles. The van der Waals surface area contributed by atoms with Gasteiger partial charge in [-0.3, -0.25) is 0 Å². The van der Waals surface area contributed by atoms with Crippen LogP contribution in [0.1, 0.15) is 36.7 Å². The summed E-state index contributed by atoms with van der Waals surface area (Å²) in [6.45, 7) is 11.1. The van der Waals surface area contributed by atoms with Gasteiger partial charge < -0.3 is 9.64 Å². The van der Waals surface area contributed by atoms with Crippen LogP contribution in [0.2, 0.25) is 0 Å². The van der Waals surface area contributed by atoms with Crippen molar-refractivity contribution in [1.82, 2.24) is 14.6 Å². The Hall–Kier alpha value is -1.62. The highest BCUT2D eigenvalue weighted by molar-refractivity contribution is 5.57. The van der Waals surface area contributed by atoms with E-state index in [1.807, 2.05) is 11.4 Å². The minimum Gasteiger partial charge on any atom is -0.378 e. The van der Waals surface area contributed by atoms with E-state index in [0.717, 1.165) is 55.4 Å². The lowest BCUT2D eigenvalue weighted by Gasteiger charge is -2.33. The number of fused-ring (bicyclic) bond motifs is 1. The Kier molecular flexibility index (Phi) is 3.85. The molecule has 21 heavy (non-hydrogen) atoms. The first-order valence-corrected chi connectivity index (χ1v) is 7.80. The summed E-state index contributed by atoms with van der Waals surface area (Å²) in [5, 5.41) is 4.67. The molecule has 0 aromatic carbocycles. The van der Waals surface area contributed by atoms with Gasteiger partial charge in [0.15, 0.2) is 5.65 Å². The number of piperidine rings is 1. The number of nitrogens with zero attached hydrogens (tertiary/aromatic N) is 4. The minimum atomic E-state index is 0.408. The van der Waals surface area contributed by atoms with Crippen molar-refractivity contribution >= 4 is 11.5 Å². The number of hydrogen-bond acceptors (Lipinski definition) is 4. The average molecular weight is 288 g/mol. The molecule has 2 aromatic heterocycles. The van der Waals surface area contributed by atoms with Crippen LogP contribution in [-0.4, -0.2) is 40.4 Å². The summed E-state index contributed by atoms with van der Waals surface area (Å²) in [7, 11) is 0. The molecule has 2 aromatic rings. The molecule has 0 radical (unpaired) electrons. The Bertz CT molecular complexity index is 641. The zero-order chi connectivity index (χ0) is 15.0. The van der Waals surface area contributed by atoms with E-state index in [1.165, 1.54) is 5.56 Å². The molecule has 1 aliphatic rings. The highest BCUT2D eigenvalue weighted by Gasteiger charge is 2.22. The number of anilines is 1. The van der Waals surface area contributed by atoms with Crippen LogP contribution in [0.3, 0.4) is 0 Å². The molecular formula is C16H24N4O. The highest BCUT2D eigenvalue weighted by Crippen LogP contribution is 2.24. The fourth-order valence-corrected chi connectivity index (χ4v) is 3.04. The number of hydrogen-bond donors (Lipinski definition) is 0. The molecule has 0 spiro atoms. The van der Waals surface area contributed by atoms with Crippen LogP contribution in [0.4, 0.5) is 5.82 Å². The van der Waals surface area contributed by atoms with Crippen LogP contribution in [-0.2, 0) is 4.74 Å². The van der Waals surface area contributed by atoms with Gasteiger partial charge in [0.05, 0.1) is 11.8 Å². The lowest BCUT2D eigenvalue weighted by atomic mass is 10.1. The van der Waals surface area contributed by atoms with Gasteiger partial charge >= 0.3 is 0 Å². The van der Waals surface area contributed by atoms with Crippen molar-refractivity contribution in [1.29, 1.82) is 0 Å². The van der Waals surface area contributed by atoms with Gasteiger partial charge in [-0.15, -0.1) is 0 Å². The van der Waals surface area contributed by atoms with Crippen molar-refractivity contribution < 1.29 is 4.74 Å². The van der Waals surface area contributed by atoms with E-state index >= 15 is 0 Å². The zero-order valence-electron chi connectivity index (χ0n) is 13.4. The number of aromatic nitrogens is 3. The predicted octanol–water partition coefficient (Wildman–Crippen LogP) is 2.66. The summed E-state index contributed by atoms with van der Waals surface area (Å²) in [4.78, 5) is 7.05. The fraction of sp³-hybridized carbons (Fsp3) is 0.625. The number of ether oxygens (including phenoxy) is 1. The Labute approximate surface area is 125 Å². The summed E-state index contributed by atoms with van der Waals surface area (Å²) >= 11 is 0. The van der Waals surface area contributed by atoms with Crippen molar-refractivity contribution in [3.8, 4) is 0 Å². The van der Waals surface area contributed by atoms with Gasteiger partial charge in [0, 0.05) is 37.0 Å². The van der Waals surface area contributed by atoms with Crippen LogP contribution >= 0.6 is 0 Å². The van der Waals surface area contributed by atoms with E-state index < -0.39 is 0 Å². The maximum atomic E-state index is 5.74. The molecule has 1 fully saturated rings. The van der Waals surface area contributed by atoms with Gasteiger partial charge in [0.25, 0.3) is 0 Å². The molecule has 0 saturated carbocycles. The van der Waals surface area contributed by atoms with Crippen LogP contribution in [0.15, 0.2) is 6.07 Å². The predicted molar refractivity (Wildman–Crippen MR) is 84.1 cm³/mol. The van der Waals surface area contributed by atoms with Gasteiger partial charge in [0.2, 0.25) is 0 Å². The van der Waals surface area contributed by atoms with Crippen molar-refractivity contribution in [2.24, 2.45) is 0 Å². The van der Waals surface area contributed by atoms with E-state index in [0.29, 0.717) is 6.10 Å². The van der Waals surface area contributed by atoms with Crippen LogP contribution < -0.4 is 4.90 Å². The zero-order valence-corrected chi connectivity index (χ0v) is 13.4. The first kappa shape index (κ1) is 14.3. The monoisotopic (exact) mass is 288 g/mol. The van der Waals surface area contributed by atoms with Crippen molar-refractivity contribution in [3.05, 3.63) is 23.0 Å². The van der Waals surface area contributed by atoms with E-state index in [1.54, 1.807) is 0 Å². The van der Waals surface area contributed by atoms with Crippen LogP contribution in [0.5, 0.6) is 0 Å². The SMILES string of the molecule is CCOC1CCN(c2cc(C)nc3c(C)c(C)nn23)CC1. The maximum absolute atomic E-state index is 5.74. The lowest BCUT2D eigenvalue weighted by molar-refractivity contribution is 0.0458. The first-order valence-electron chi connectivity index (χ1n) is 7.80. The lowest BCUT2D eigenvalue weighted by Crippen LogP contribution is -2.38. The second kappa shape index (κ2) is 5.64. The van der Waals surface area contributed by atoms with Crippen molar-refractivity contribution in [3.63, 3.8) is 0 Å². The van der Waals surface area contributed by atoms with Crippen molar-refractivity contribution in [2.75, 3.05) is 24.6 Å². The van der Waals surface area contributed by atoms with Gasteiger partial charge in [-0.1, -0.05) is 0 Å². The van der Waals surface area contributed by atoms with Crippen molar-refractivity contribution in [2.45, 2.75) is 46.6 Å². The minimum absolute atomic E-state index is 0.408. The highest BCUT2D eigenvalue weighted by atomic mass is 16.5. The summed E-state index contributed by atoms with van der Waals surface area (Å²) < 4.78 is 7.74. The summed E-state index contributed by atoms with van der Waals surface area (Å²) in [5.74, 6) is 1.16. The first-order chi connectivity index (χ1) is 10.1. The molecule has 1 saturated heterocycles. The summed E-state index contributed by atoms with van der Waals surface area (Å²) in [6.07, 6.45) is 2.57. The Morgan fingerprint density at radius 1 is 1.24 bits per heavy atom.